The average molecular weight is 283 g/mol. The summed E-state index contributed by atoms with van der Waals surface area (Å²) in [5.41, 5.74) is 2.87. The maximum atomic E-state index is 5.45. The highest BCUT2D eigenvalue weighted by Gasteiger charge is 2.26. The monoisotopic (exact) mass is 283 g/mol. The largest absolute Gasteiger partial charge is 0.339 e. The van der Waals surface area contributed by atoms with Gasteiger partial charge in [0.25, 0.3) is 0 Å². The van der Waals surface area contributed by atoms with Crippen molar-refractivity contribution in [3.05, 3.63) is 47.1 Å². The molecule has 21 heavy (non-hydrogen) atoms. The van der Waals surface area contributed by atoms with Crippen molar-refractivity contribution in [3.8, 4) is 0 Å². The molecular formula is C17H21N3O. The van der Waals surface area contributed by atoms with Gasteiger partial charge in [-0.1, -0.05) is 29.4 Å². The summed E-state index contributed by atoms with van der Waals surface area (Å²) in [5.74, 6) is 2.88. The zero-order valence-electron chi connectivity index (χ0n) is 12.2. The van der Waals surface area contributed by atoms with Gasteiger partial charge >= 0.3 is 0 Å². The van der Waals surface area contributed by atoms with Gasteiger partial charge in [-0.05, 0) is 55.8 Å². The Bertz CT molecular complexity index is 591. The average Bonchev–Trinajstić information content (AvgIpc) is 3.24. The van der Waals surface area contributed by atoms with E-state index in [2.05, 4.69) is 39.7 Å². The van der Waals surface area contributed by atoms with Crippen LogP contribution in [0, 0.1) is 5.92 Å². The maximum absolute atomic E-state index is 5.45. The summed E-state index contributed by atoms with van der Waals surface area (Å²) in [7, 11) is 0. The lowest BCUT2D eigenvalue weighted by Crippen LogP contribution is -2.09. The first kappa shape index (κ1) is 13.0. The molecule has 1 aromatic heterocycles. The highest BCUT2D eigenvalue weighted by Crippen LogP contribution is 2.32. The Kier molecular flexibility index (Phi) is 3.47. The summed E-state index contributed by atoms with van der Waals surface area (Å²) in [6.45, 7) is 2.29. The van der Waals surface area contributed by atoms with E-state index in [1.165, 1.54) is 17.5 Å². The second kappa shape index (κ2) is 5.60. The second-order valence-electron chi connectivity index (χ2n) is 6.32. The van der Waals surface area contributed by atoms with Crippen LogP contribution < -0.4 is 5.32 Å². The van der Waals surface area contributed by atoms with Gasteiger partial charge < -0.3 is 9.84 Å². The fraction of sp³-hybridized carbons (Fsp3) is 0.529. The third-order valence-electron chi connectivity index (χ3n) is 4.83. The van der Waals surface area contributed by atoms with Gasteiger partial charge in [-0.3, -0.25) is 0 Å². The molecule has 1 saturated heterocycles. The van der Waals surface area contributed by atoms with Crippen LogP contribution in [0.5, 0.6) is 0 Å². The molecule has 1 aromatic carbocycles. The molecule has 2 heterocycles. The molecule has 0 radical (unpaired) electrons. The molecule has 4 rings (SSSR count). The Morgan fingerprint density at radius 1 is 1.19 bits per heavy atom. The van der Waals surface area contributed by atoms with E-state index in [4.69, 9.17) is 4.52 Å². The number of hydrogen-bond donors (Lipinski definition) is 1. The van der Waals surface area contributed by atoms with Crippen LogP contribution >= 0.6 is 0 Å². The zero-order chi connectivity index (χ0) is 14.1. The molecule has 0 saturated carbocycles. The van der Waals surface area contributed by atoms with E-state index in [1.807, 2.05) is 0 Å². The molecule has 4 heteroatoms. The summed E-state index contributed by atoms with van der Waals surface area (Å²) in [6.07, 6.45) is 5.43. The molecule has 0 spiro atoms. The Labute approximate surface area is 124 Å². The van der Waals surface area contributed by atoms with E-state index in [1.54, 1.807) is 0 Å². The Balaban J connectivity index is 1.39. The van der Waals surface area contributed by atoms with E-state index in [0.29, 0.717) is 5.92 Å². The quantitative estimate of drug-likeness (QED) is 0.936. The van der Waals surface area contributed by atoms with Gasteiger partial charge in [-0.15, -0.1) is 0 Å². The summed E-state index contributed by atoms with van der Waals surface area (Å²) in [5, 5.41) is 7.63. The Morgan fingerprint density at radius 2 is 2.00 bits per heavy atom. The molecule has 110 valence electrons. The molecule has 4 nitrogen and oxygen atoms in total. The fourth-order valence-corrected chi connectivity index (χ4v) is 3.57. The number of nitrogens with one attached hydrogen (secondary N) is 1. The number of aryl methyl sites for hydroxylation is 1. The maximum Gasteiger partial charge on any atom is 0.226 e. The van der Waals surface area contributed by atoms with Crippen molar-refractivity contribution >= 4 is 0 Å². The number of benzene rings is 1. The van der Waals surface area contributed by atoms with E-state index in [0.717, 1.165) is 56.4 Å². The van der Waals surface area contributed by atoms with Crippen molar-refractivity contribution in [1.29, 1.82) is 0 Å². The van der Waals surface area contributed by atoms with Gasteiger partial charge in [0, 0.05) is 12.3 Å². The van der Waals surface area contributed by atoms with E-state index >= 15 is 0 Å². The first-order valence-electron chi connectivity index (χ1n) is 7.98. The summed E-state index contributed by atoms with van der Waals surface area (Å²) < 4.78 is 5.45. The second-order valence-corrected chi connectivity index (χ2v) is 6.32. The number of hydrogen-bond acceptors (Lipinski definition) is 4. The van der Waals surface area contributed by atoms with Crippen molar-refractivity contribution in [1.82, 2.24) is 15.5 Å². The van der Waals surface area contributed by atoms with Crippen LogP contribution in [-0.4, -0.2) is 23.2 Å². The van der Waals surface area contributed by atoms with Crippen LogP contribution in [0.25, 0.3) is 0 Å². The van der Waals surface area contributed by atoms with E-state index in [9.17, 15) is 0 Å². The third-order valence-corrected chi connectivity index (χ3v) is 4.83. The molecule has 1 N–H and O–H groups in total. The number of nitrogens with zero attached hydrogens (tertiary/aromatic N) is 2. The van der Waals surface area contributed by atoms with Crippen molar-refractivity contribution in [2.45, 2.75) is 38.0 Å². The number of fused-ring (bicyclic) bond motifs is 1. The van der Waals surface area contributed by atoms with Gasteiger partial charge in [0.15, 0.2) is 5.82 Å². The fourth-order valence-electron chi connectivity index (χ4n) is 3.57. The minimum absolute atomic E-state index is 0.396. The Morgan fingerprint density at radius 3 is 2.71 bits per heavy atom. The van der Waals surface area contributed by atoms with Crippen LogP contribution in [0.2, 0.25) is 0 Å². The van der Waals surface area contributed by atoms with E-state index in [-0.39, 0.29) is 0 Å². The highest BCUT2D eigenvalue weighted by molar-refractivity contribution is 5.34. The summed E-state index contributed by atoms with van der Waals surface area (Å²) in [6, 6.07) is 8.64. The van der Waals surface area contributed by atoms with Crippen molar-refractivity contribution < 1.29 is 4.52 Å². The molecule has 0 amide bonds. The molecule has 1 aliphatic heterocycles. The summed E-state index contributed by atoms with van der Waals surface area (Å²) in [4.78, 5) is 4.64. The first-order chi connectivity index (χ1) is 10.4. The molecule has 1 atom stereocenters. The van der Waals surface area contributed by atoms with E-state index < -0.39 is 0 Å². The van der Waals surface area contributed by atoms with Gasteiger partial charge in [0.2, 0.25) is 5.89 Å². The molecule has 2 aliphatic rings. The predicted molar refractivity (Wildman–Crippen MR) is 80.2 cm³/mol. The van der Waals surface area contributed by atoms with Crippen LogP contribution in [-0.2, 0) is 19.3 Å². The zero-order valence-corrected chi connectivity index (χ0v) is 12.2. The highest BCUT2D eigenvalue weighted by atomic mass is 16.5. The van der Waals surface area contributed by atoms with Crippen LogP contribution in [0.3, 0.4) is 0 Å². The van der Waals surface area contributed by atoms with Crippen LogP contribution in [0.4, 0.5) is 0 Å². The lowest BCUT2D eigenvalue weighted by molar-refractivity contribution is 0.358. The standard InChI is InChI=1S/C17H21N3O/c1-2-4-14-10-15(9-13(14)3-1)17-19-16(21-20-17)6-5-12-7-8-18-11-12/h1-4,12,15,18H,5-11H2. The smallest absolute Gasteiger partial charge is 0.226 e. The molecular weight excluding hydrogens is 262 g/mol. The van der Waals surface area contributed by atoms with Crippen molar-refractivity contribution in [2.75, 3.05) is 13.1 Å². The van der Waals surface area contributed by atoms with Crippen LogP contribution in [0.15, 0.2) is 28.8 Å². The van der Waals surface area contributed by atoms with Gasteiger partial charge in [0.05, 0.1) is 0 Å². The molecule has 1 fully saturated rings. The van der Waals surface area contributed by atoms with Gasteiger partial charge in [0.1, 0.15) is 0 Å². The van der Waals surface area contributed by atoms with Gasteiger partial charge in [-0.25, -0.2) is 0 Å². The third kappa shape index (κ3) is 2.72. The number of aromatic nitrogens is 2. The van der Waals surface area contributed by atoms with Crippen molar-refractivity contribution in [3.63, 3.8) is 0 Å². The SMILES string of the molecule is c1ccc2c(c1)CC(c1noc(CCC3CCNC3)n1)C2. The first-order valence-corrected chi connectivity index (χ1v) is 7.98. The topological polar surface area (TPSA) is 51.0 Å². The van der Waals surface area contributed by atoms with Gasteiger partial charge in [-0.2, -0.15) is 4.98 Å². The summed E-state index contributed by atoms with van der Waals surface area (Å²) >= 11 is 0. The normalized spacial score (nSPS) is 21.8. The lowest BCUT2D eigenvalue weighted by Gasteiger charge is -2.04. The van der Waals surface area contributed by atoms with Crippen molar-refractivity contribution in [2.24, 2.45) is 5.92 Å². The minimum atomic E-state index is 0.396. The molecule has 2 aromatic rings. The minimum Gasteiger partial charge on any atom is -0.339 e. The lowest BCUT2D eigenvalue weighted by atomic mass is 10.0. The molecule has 1 unspecified atom stereocenters. The van der Waals surface area contributed by atoms with Crippen LogP contribution in [0.1, 0.15) is 41.6 Å². The molecule has 0 bridgehead atoms. The predicted octanol–water partition coefficient (Wildman–Crippen LogP) is 2.49. The number of rotatable bonds is 4. The Hall–Kier alpha value is -1.68. The molecule has 1 aliphatic carbocycles.